The molecule has 2 aromatic rings. The molecule has 1 heterocycles. The zero-order chi connectivity index (χ0) is 13.7. The third-order valence-electron chi connectivity index (χ3n) is 2.72. The first-order valence-corrected chi connectivity index (χ1v) is 7.53. The number of hydrogen-bond acceptors (Lipinski definition) is 3. The van der Waals surface area contributed by atoms with Crippen LogP contribution in [0.4, 0.5) is 0 Å². The number of benzene rings is 1. The highest BCUT2D eigenvalue weighted by molar-refractivity contribution is 7.85. The first-order chi connectivity index (χ1) is 9.22. The summed E-state index contributed by atoms with van der Waals surface area (Å²) in [7, 11) is -1.31. The number of imidazole rings is 1. The van der Waals surface area contributed by atoms with Gasteiger partial charge in [0.15, 0.2) is 0 Å². The molecule has 1 unspecified atom stereocenters. The van der Waals surface area contributed by atoms with Crippen molar-refractivity contribution in [1.29, 1.82) is 0 Å². The van der Waals surface area contributed by atoms with E-state index in [1.165, 1.54) is 4.57 Å². The van der Waals surface area contributed by atoms with E-state index in [1.807, 2.05) is 25.1 Å². The first kappa shape index (κ1) is 13.7. The summed E-state index contributed by atoms with van der Waals surface area (Å²) < 4.78 is 13.6. The van der Waals surface area contributed by atoms with E-state index in [0.29, 0.717) is 4.90 Å². The summed E-state index contributed by atoms with van der Waals surface area (Å²) >= 11 is 0. The van der Waals surface area contributed by atoms with Crippen molar-refractivity contribution < 1.29 is 9.00 Å². The Balaban J connectivity index is 2.09. The summed E-state index contributed by atoms with van der Waals surface area (Å²) in [4.78, 5) is 16.9. The van der Waals surface area contributed by atoms with Crippen LogP contribution < -0.4 is 0 Å². The van der Waals surface area contributed by atoms with Crippen LogP contribution in [-0.4, -0.2) is 25.4 Å². The maximum atomic E-state index is 12.1. The van der Waals surface area contributed by atoms with Crippen molar-refractivity contribution in [1.82, 2.24) is 9.55 Å². The molecule has 5 heteroatoms. The summed E-state index contributed by atoms with van der Waals surface area (Å²) in [6.07, 6.45) is 4.91. The van der Waals surface area contributed by atoms with Crippen LogP contribution in [0.3, 0.4) is 0 Å². The zero-order valence-electron chi connectivity index (χ0n) is 10.8. The van der Waals surface area contributed by atoms with Crippen molar-refractivity contribution in [3.63, 3.8) is 0 Å². The van der Waals surface area contributed by atoms with E-state index in [0.717, 1.165) is 18.7 Å². The van der Waals surface area contributed by atoms with Crippen LogP contribution in [0.15, 0.2) is 47.6 Å². The summed E-state index contributed by atoms with van der Waals surface area (Å²) in [5.41, 5.74) is 0. The summed E-state index contributed by atoms with van der Waals surface area (Å²) in [6, 6.07) is 9.03. The summed E-state index contributed by atoms with van der Waals surface area (Å²) in [5, 5.41) is 0. The minimum absolute atomic E-state index is 0.0168. The van der Waals surface area contributed by atoms with Gasteiger partial charge in [-0.2, -0.15) is 0 Å². The normalized spacial score (nSPS) is 12.3. The fraction of sp³-hybridized carbons (Fsp3) is 0.286. The zero-order valence-corrected chi connectivity index (χ0v) is 11.6. The number of nitrogens with zero attached hydrogens (tertiary/aromatic N) is 2. The molecule has 1 aromatic carbocycles. The van der Waals surface area contributed by atoms with Crippen molar-refractivity contribution in [3.8, 4) is 0 Å². The SMILES string of the molecule is CCCc1nccn1C(=O)CS(=O)c1ccccc1. The molecule has 0 N–H and O–H groups in total. The van der Waals surface area contributed by atoms with Gasteiger partial charge in [0, 0.05) is 23.7 Å². The molecule has 0 amide bonds. The molecule has 1 aromatic heterocycles. The number of carbonyl (C=O) groups is 1. The lowest BCUT2D eigenvalue weighted by molar-refractivity contribution is 0.0937. The van der Waals surface area contributed by atoms with Gasteiger partial charge in [0.1, 0.15) is 11.6 Å². The van der Waals surface area contributed by atoms with Crippen LogP contribution in [0.1, 0.15) is 24.0 Å². The Morgan fingerprint density at radius 2 is 2.05 bits per heavy atom. The van der Waals surface area contributed by atoms with E-state index >= 15 is 0 Å². The third-order valence-corrected chi connectivity index (χ3v) is 4.03. The predicted octanol–water partition coefficient (Wildman–Crippen LogP) is 2.28. The Hall–Kier alpha value is -1.75. The average molecular weight is 276 g/mol. The van der Waals surface area contributed by atoms with Gasteiger partial charge in [0.05, 0.1) is 10.8 Å². The van der Waals surface area contributed by atoms with E-state index in [4.69, 9.17) is 0 Å². The molecule has 0 saturated heterocycles. The molecule has 100 valence electrons. The molecule has 0 bridgehead atoms. The fourth-order valence-electron chi connectivity index (χ4n) is 1.81. The standard InChI is InChI=1S/C14H16N2O2S/c1-2-6-13-15-9-10-16(13)14(17)11-19(18)12-7-4-3-5-8-12/h3-5,7-10H,2,6,11H2,1H3. The fourth-order valence-corrected chi connectivity index (χ4v) is 2.80. The van der Waals surface area contributed by atoms with Crippen molar-refractivity contribution in [3.05, 3.63) is 48.5 Å². The topological polar surface area (TPSA) is 52.0 Å². The van der Waals surface area contributed by atoms with E-state index in [9.17, 15) is 9.00 Å². The lowest BCUT2D eigenvalue weighted by Gasteiger charge is -2.06. The predicted molar refractivity (Wildman–Crippen MR) is 74.6 cm³/mol. The highest BCUT2D eigenvalue weighted by Gasteiger charge is 2.14. The second-order valence-electron chi connectivity index (χ2n) is 4.16. The molecule has 1 atom stereocenters. The van der Waals surface area contributed by atoms with Gasteiger partial charge in [0.25, 0.3) is 0 Å². The maximum Gasteiger partial charge on any atom is 0.245 e. The Bertz CT molecular complexity index is 578. The van der Waals surface area contributed by atoms with Gasteiger partial charge >= 0.3 is 0 Å². The molecular formula is C14H16N2O2S. The smallest absolute Gasteiger partial charge is 0.245 e. The maximum absolute atomic E-state index is 12.1. The van der Waals surface area contributed by atoms with Gasteiger partial charge in [-0.25, -0.2) is 4.98 Å². The number of aromatic nitrogens is 2. The lowest BCUT2D eigenvalue weighted by atomic mass is 10.3. The molecule has 19 heavy (non-hydrogen) atoms. The molecule has 0 aliphatic rings. The minimum atomic E-state index is -1.31. The van der Waals surface area contributed by atoms with Crippen molar-refractivity contribution >= 4 is 16.7 Å². The summed E-state index contributed by atoms with van der Waals surface area (Å²) in [6.45, 7) is 2.03. The molecule has 2 rings (SSSR count). The molecule has 0 saturated carbocycles. The molecule has 0 spiro atoms. The quantitative estimate of drug-likeness (QED) is 0.842. The average Bonchev–Trinajstić information content (AvgIpc) is 2.88. The van der Waals surface area contributed by atoms with Gasteiger partial charge in [0.2, 0.25) is 5.91 Å². The number of rotatable bonds is 5. The Morgan fingerprint density at radius 1 is 1.32 bits per heavy atom. The van der Waals surface area contributed by atoms with Crippen molar-refractivity contribution in [2.75, 3.05) is 5.75 Å². The largest absolute Gasteiger partial charge is 0.273 e. The molecule has 0 fully saturated rings. The highest BCUT2D eigenvalue weighted by atomic mass is 32.2. The van der Waals surface area contributed by atoms with Gasteiger partial charge in [-0.3, -0.25) is 13.6 Å². The second-order valence-corrected chi connectivity index (χ2v) is 5.61. The minimum Gasteiger partial charge on any atom is -0.273 e. The Morgan fingerprint density at radius 3 is 2.74 bits per heavy atom. The van der Waals surface area contributed by atoms with E-state index < -0.39 is 10.8 Å². The number of carbonyl (C=O) groups excluding carboxylic acids is 1. The molecule has 4 nitrogen and oxygen atoms in total. The van der Waals surface area contributed by atoms with Gasteiger partial charge in [-0.15, -0.1) is 0 Å². The third kappa shape index (κ3) is 3.38. The summed E-state index contributed by atoms with van der Waals surface area (Å²) in [5.74, 6) is 0.539. The van der Waals surface area contributed by atoms with Crippen LogP contribution in [0.25, 0.3) is 0 Å². The van der Waals surface area contributed by atoms with E-state index in [-0.39, 0.29) is 11.7 Å². The van der Waals surface area contributed by atoms with Gasteiger partial charge in [-0.05, 0) is 18.6 Å². The van der Waals surface area contributed by atoms with Crippen LogP contribution >= 0.6 is 0 Å². The molecule has 0 aliphatic carbocycles. The highest BCUT2D eigenvalue weighted by Crippen LogP contribution is 2.08. The lowest BCUT2D eigenvalue weighted by Crippen LogP contribution is -2.20. The van der Waals surface area contributed by atoms with E-state index in [2.05, 4.69) is 4.98 Å². The van der Waals surface area contributed by atoms with Crippen LogP contribution in [-0.2, 0) is 17.2 Å². The van der Waals surface area contributed by atoms with Crippen LogP contribution in [0.5, 0.6) is 0 Å². The van der Waals surface area contributed by atoms with E-state index in [1.54, 1.807) is 24.5 Å². The number of hydrogen-bond donors (Lipinski definition) is 0. The second kappa shape index (κ2) is 6.43. The van der Waals surface area contributed by atoms with Crippen molar-refractivity contribution in [2.24, 2.45) is 0 Å². The molecule has 0 aliphatic heterocycles. The van der Waals surface area contributed by atoms with Crippen LogP contribution in [0.2, 0.25) is 0 Å². The van der Waals surface area contributed by atoms with Crippen LogP contribution in [0, 0.1) is 0 Å². The van der Waals surface area contributed by atoms with Crippen molar-refractivity contribution in [2.45, 2.75) is 24.7 Å². The molecule has 0 radical (unpaired) electrons. The monoisotopic (exact) mass is 276 g/mol. The van der Waals surface area contributed by atoms with Gasteiger partial charge < -0.3 is 0 Å². The first-order valence-electron chi connectivity index (χ1n) is 6.21. The Kier molecular flexibility index (Phi) is 4.63. The Labute approximate surface area is 114 Å². The number of aryl methyl sites for hydroxylation is 1. The van der Waals surface area contributed by atoms with Gasteiger partial charge in [-0.1, -0.05) is 25.1 Å². The molecular weight excluding hydrogens is 260 g/mol.